The van der Waals surface area contributed by atoms with Gasteiger partial charge in [0.15, 0.2) is 0 Å². The Morgan fingerprint density at radius 3 is 1.95 bits per heavy atom. The Balaban J connectivity index is 1.94. The maximum atomic E-state index is 6.11. The number of hydrogen-bond donors (Lipinski definition) is 0. The molecule has 3 fully saturated rings. The van der Waals surface area contributed by atoms with E-state index in [1.807, 2.05) is 18.2 Å². The van der Waals surface area contributed by atoms with Crippen LogP contribution in [0.5, 0.6) is 0 Å². The molecule has 1 aromatic rings. The molecule has 0 N–H and O–H groups in total. The summed E-state index contributed by atoms with van der Waals surface area (Å²) in [4.78, 5) is 2.31. The minimum atomic E-state index is -3.45. The topological polar surface area (TPSA) is 30.9 Å². The van der Waals surface area contributed by atoms with Gasteiger partial charge in [0.2, 0.25) is 0 Å². The van der Waals surface area contributed by atoms with Crippen molar-refractivity contribution >= 4 is 50.6 Å². The Morgan fingerprint density at radius 1 is 0.905 bits per heavy atom. The van der Waals surface area contributed by atoms with Crippen LogP contribution < -0.4 is 0 Å². The monoisotopic (exact) mass is 479 g/mol. The van der Waals surface area contributed by atoms with E-state index in [-0.39, 0.29) is 0 Å². The standard InChI is InChI=1S/C14H17Br2GeNO3/c15-13(12-4-2-1-3-5-12)14(16)17-19-9-6-18(7-10-20-17)8-11-21-17/h1-5H,6-11H2/b14-13-. The molecule has 114 valence electrons. The molecule has 4 rings (SSSR count). The van der Waals surface area contributed by atoms with Crippen molar-refractivity contribution in [3.05, 3.63) is 39.2 Å². The maximum absolute atomic E-state index is 6.11. The third-order valence-electron chi connectivity index (χ3n) is 3.59. The van der Waals surface area contributed by atoms with Crippen LogP contribution in [0, 0.1) is 0 Å². The molecule has 3 aliphatic rings. The van der Waals surface area contributed by atoms with Gasteiger partial charge < -0.3 is 0 Å². The number of benzene rings is 1. The quantitative estimate of drug-likeness (QED) is 0.611. The third-order valence-corrected chi connectivity index (χ3v) is 14.0. The van der Waals surface area contributed by atoms with E-state index in [1.165, 1.54) is 0 Å². The summed E-state index contributed by atoms with van der Waals surface area (Å²) < 4.78 is 20.2. The molecule has 3 aliphatic heterocycles. The Labute approximate surface area is 145 Å². The zero-order valence-electron chi connectivity index (χ0n) is 11.6. The van der Waals surface area contributed by atoms with Crippen LogP contribution in [0.1, 0.15) is 5.56 Å². The Bertz CT molecular complexity index is 500. The van der Waals surface area contributed by atoms with Gasteiger partial charge in [-0.25, -0.2) is 0 Å². The summed E-state index contributed by atoms with van der Waals surface area (Å²) in [5.41, 5.74) is 1.09. The van der Waals surface area contributed by atoms with Crippen molar-refractivity contribution in [2.24, 2.45) is 0 Å². The SMILES string of the molecule is Br/C(=[C](/Br)[Ge]12[O]CCN(CC[O]1)CC[O]2)c1ccccc1. The van der Waals surface area contributed by atoms with Gasteiger partial charge in [-0.2, -0.15) is 0 Å². The van der Waals surface area contributed by atoms with Crippen LogP contribution in [0.3, 0.4) is 0 Å². The first-order valence-electron chi connectivity index (χ1n) is 6.97. The van der Waals surface area contributed by atoms with Gasteiger partial charge in [0.25, 0.3) is 0 Å². The van der Waals surface area contributed by atoms with Crippen molar-refractivity contribution in [2.45, 2.75) is 0 Å². The van der Waals surface area contributed by atoms with Crippen LogP contribution in [0.2, 0.25) is 0 Å². The summed E-state index contributed by atoms with van der Waals surface area (Å²) in [7, 11) is 0. The van der Waals surface area contributed by atoms with E-state index in [0.717, 1.165) is 33.0 Å². The van der Waals surface area contributed by atoms with E-state index in [9.17, 15) is 0 Å². The van der Waals surface area contributed by atoms with Crippen molar-refractivity contribution in [1.82, 2.24) is 4.90 Å². The van der Waals surface area contributed by atoms with Gasteiger partial charge in [0.1, 0.15) is 0 Å². The molecule has 0 atom stereocenters. The third kappa shape index (κ3) is 3.63. The normalized spacial score (nSPS) is 31.0. The molecule has 4 nitrogen and oxygen atoms in total. The van der Waals surface area contributed by atoms with Crippen LogP contribution in [-0.2, 0) is 11.3 Å². The van der Waals surface area contributed by atoms with Crippen LogP contribution >= 0.6 is 31.9 Å². The molecule has 0 spiro atoms. The van der Waals surface area contributed by atoms with E-state index >= 15 is 0 Å². The predicted molar refractivity (Wildman–Crippen MR) is 91.3 cm³/mol. The first-order chi connectivity index (χ1) is 10.2. The summed E-state index contributed by atoms with van der Waals surface area (Å²) in [6, 6.07) is 10.1. The first-order valence-corrected chi connectivity index (χ1v) is 12.2. The van der Waals surface area contributed by atoms with Crippen molar-refractivity contribution < 1.29 is 11.3 Å². The second-order valence-corrected chi connectivity index (χ2v) is 13.3. The van der Waals surface area contributed by atoms with E-state index in [1.54, 1.807) is 0 Å². The molecule has 2 bridgehead atoms. The molecule has 0 aliphatic carbocycles. The molecule has 1 aromatic carbocycles. The van der Waals surface area contributed by atoms with E-state index in [4.69, 9.17) is 11.3 Å². The van der Waals surface area contributed by atoms with E-state index < -0.39 is 14.3 Å². The van der Waals surface area contributed by atoms with Gasteiger partial charge in [-0.3, -0.25) is 0 Å². The Morgan fingerprint density at radius 2 is 1.43 bits per heavy atom. The van der Waals surface area contributed by atoms with Crippen molar-refractivity contribution in [3.8, 4) is 0 Å². The average Bonchev–Trinajstić information content (AvgIpc) is 2.45. The Kier molecular flexibility index (Phi) is 5.58. The van der Waals surface area contributed by atoms with Gasteiger partial charge in [-0.05, 0) is 0 Å². The van der Waals surface area contributed by atoms with Crippen LogP contribution in [0.15, 0.2) is 33.6 Å². The van der Waals surface area contributed by atoms with Gasteiger partial charge in [0.05, 0.1) is 0 Å². The number of halogens is 2. The molecule has 21 heavy (non-hydrogen) atoms. The fraction of sp³-hybridized carbons (Fsp3) is 0.429. The van der Waals surface area contributed by atoms with E-state index in [2.05, 4.69) is 48.9 Å². The zero-order chi connectivity index (χ0) is 14.7. The number of fused-ring (bicyclic) bond motifs is 6. The van der Waals surface area contributed by atoms with Crippen molar-refractivity contribution in [2.75, 3.05) is 39.5 Å². The van der Waals surface area contributed by atoms with Crippen molar-refractivity contribution in [1.29, 1.82) is 0 Å². The average molecular weight is 480 g/mol. The van der Waals surface area contributed by atoms with Crippen molar-refractivity contribution in [3.63, 3.8) is 0 Å². The van der Waals surface area contributed by atoms with Gasteiger partial charge in [-0.1, -0.05) is 0 Å². The second-order valence-electron chi connectivity index (χ2n) is 4.94. The first kappa shape index (κ1) is 16.2. The minimum absolute atomic E-state index is 0.657. The van der Waals surface area contributed by atoms with Crippen LogP contribution in [0.25, 0.3) is 4.48 Å². The molecule has 0 aromatic heterocycles. The predicted octanol–water partition coefficient (Wildman–Crippen LogP) is 3.00. The van der Waals surface area contributed by atoms with E-state index in [0.29, 0.717) is 19.8 Å². The molecule has 3 saturated heterocycles. The molecular weight excluding hydrogens is 463 g/mol. The molecule has 3 heterocycles. The zero-order valence-corrected chi connectivity index (χ0v) is 16.8. The number of hydrogen-bond acceptors (Lipinski definition) is 4. The summed E-state index contributed by atoms with van der Waals surface area (Å²) in [6.45, 7) is 4.81. The molecule has 0 unspecified atom stereocenters. The summed E-state index contributed by atoms with van der Waals surface area (Å²) in [5.74, 6) is 0. The molecule has 0 saturated carbocycles. The van der Waals surface area contributed by atoms with Gasteiger partial charge in [-0.15, -0.1) is 0 Å². The molecular formula is C14H17Br2GeNO3. The number of nitrogens with zero attached hydrogens (tertiary/aromatic N) is 1. The number of rotatable bonds is 2. The van der Waals surface area contributed by atoms with Crippen LogP contribution in [-0.4, -0.2) is 58.6 Å². The second kappa shape index (κ2) is 7.25. The fourth-order valence-corrected chi connectivity index (χ4v) is 10.4. The fourth-order valence-electron chi connectivity index (χ4n) is 2.42. The summed E-state index contributed by atoms with van der Waals surface area (Å²) >= 11 is 3.93. The van der Waals surface area contributed by atoms with Gasteiger partial charge in [0, 0.05) is 0 Å². The molecule has 0 amide bonds. The Hall–Kier alpha value is 0.303. The molecule has 0 radical (unpaired) electrons. The molecule has 7 heteroatoms. The van der Waals surface area contributed by atoms with Gasteiger partial charge >= 0.3 is 145 Å². The summed E-state index contributed by atoms with van der Waals surface area (Å²) in [5, 5.41) is 0. The van der Waals surface area contributed by atoms with Crippen LogP contribution in [0.4, 0.5) is 0 Å². The summed E-state index contributed by atoms with van der Waals surface area (Å²) in [6.07, 6.45) is 0.